The number of aromatic nitrogens is 1. The molecule has 1 aromatic carbocycles. The van der Waals surface area contributed by atoms with Gasteiger partial charge in [0.15, 0.2) is 4.80 Å². The van der Waals surface area contributed by atoms with E-state index in [4.69, 9.17) is 14.2 Å². The van der Waals surface area contributed by atoms with Gasteiger partial charge in [-0.2, -0.15) is 4.99 Å². The maximum absolute atomic E-state index is 12.6. The second kappa shape index (κ2) is 11.9. The SMILES string of the molecule is COC(=O)Cn1c(=NC(=O)CSCC(=O)Nc2sc3c(c2C(=O)OC)CCC3)sc2cc(OC)ccc21. The Balaban J connectivity index is 1.43. The molecule has 3 aromatic rings. The van der Waals surface area contributed by atoms with Crippen LogP contribution < -0.4 is 14.9 Å². The number of ether oxygens (including phenoxy) is 3. The van der Waals surface area contributed by atoms with Crippen molar-refractivity contribution in [2.75, 3.05) is 38.2 Å². The van der Waals surface area contributed by atoms with E-state index < -0.39 is 17.8 Å². The van der Waals surface area contributed by atoms with Gasteiger partial charge in [0.2, 0.25) is 5.91 Å². The molecule has 0 saturated carbocycles. The molecule has 0 spiro atoms. The van der Waals surface area contributed by atoms with Gasteiger partial charge in [-0.05, 0) is 43.0 Å². The van der Waals surface area contributed by atoms with Crippen molar-refractivity contribution in [3.8, 4) is 5.75 Å². The van der Waals surface area contributed by atoms with Crippen molar-refractivity contribution >= 4 is 73.4 Å². The van der Waals surface area contributed by atoms with Crippen LogP contribution >= 0.6 is 34.4 Å². The van der Waals surface area contributed by atoms with E-state index in [0.717, 1.165) is 51.7 Å². The molecule has 13 heteroatoms. The first kappa shape index (κ1) is 26.9. The summed E-state index contributed by atoms with van der Waals surface area (Å²) in [7, 11) is 4.17. The van der Waals surface area contributed by atoms with E-state index in [2.05, 4.69) is 10.3 Å². The first-order valence-electron chi connectivity index (χ1n) is 11.3. The number of amides is 2. The Morgan fingerprint density at radius 3 is 2.62 bits per heavy atom. The number of aryl methyl sites for hydroxylation is 1. The van der Waals surface area contributed by atoms with Gasteiger partial charge in [-0.3, -0.25) is 14.4 Å². The Hall–Kier alpha value is -3.16. The van der Waals surface area contributed by atoms with Crippen LogP contribution in [0.3, 0.4) is 0 Å². The predicted octanol–water partition coefficient (Wildman–Crippen LogP) is 3.02. The van der Waals surface area contributed by atoms with E-state index in [1.54, 1.807) is 29.9 Å². The average molecular weight is 564 g/mol. The highest BCUT2D eigenvalue weighted by Crippen LogP contribution is 2.39. The van der Waals surface area contributed by atoms with E-state index >= 15 is 0 Å². The second-order valence-electron chi connectivity index (χ2n) is 7.98. The quantitative estimate of drug-likeness (QED) is 0.394. The zero-order chi connectivity index (χ0) is 26.5. The van der Waals surface area contributed by atoms with E-state index in [-0.39, 0.29) is 24.0 Å². The lowest BCUT2D eigenvalue weighted by molar-refractivity contribution is -0.141. The van der Waals surface area contributed by atoms with Crippen LogP contribution in [0, 0.1) is 0 Å². The first-order valence-corrected chi connectivity index (χ1v) is 14.1. The molecular weight excluding hydrogens is 538 g/mol. The molecule has 2 amide bonds. The molecule has 1 N–H and O–H groups in total. The van der Waals surface area contributed by atoms with E-state index in [0.29, 0.717) is 21.1 Å². The molecule has 10 nitrogen and oxygen atoms in total. The summed E-state index contributed by atoms with van der Waals surface area (Å²) in [4.78, 5) is 55.0. The van der Waals surface area contributed by atoms with Crippen LogP contribution in [0.1, 0.15) is 27.2 Å². The fourth-order valence-electron chi connectivity index (χ4n) is 3.96. The van der Waals surface area contributed by atoms with E-state index in [9.17, 15) is 19.2 Å². The minimum atomic E-state index is -0.471. The molecule has 2 aromatic heterocycles. The van der Waals surface area contributed by atoms with Gasteiger partial charge in [0, 0.05) is 4.88 Å². The number of thioether (sulfide) groups is 1. The third kappa shape index (κ3) is 6.05. The highest BCUT2D eigenvalue weighted by molar-refractivity contribution is 8.00. The monoisotopic (exact) mass is 563 g/mol. The Labute approximate surface area is 224 Å². The maximum atomic E-state index is 12.6. The predicted molar refractivity (Wildman–Crippen MR) is 143 cm³/mol. The van der Waals surface area contributed by atoms with Crippen molar-refractivity contribution in [2.45, 2.75) is 25.8 Å². The number of methoxy groups -OCH3 is 3. The smallest absolute Gasteiger partial charge is 0.341 e. The number of carbonyl (C=O) groups is 4. The van der Waals surface area contributed by atoms with Crippen molar-refractivity contribution in [3.63, 3.8) is 0 Å². The van der Waals surface area contributed by atoms with Crippen LogP contribution in [0.4, 0.5) is 5.00 Å². The summed E-state index contributed by atoms with van der Waals surface area (Å²) in [5.74, 6) is -1.08. The minimum Gasteiger partial charge on any atom is -0.497 e. The third-order valence-corrected chi connectivity index (χ3v) is 8.81. The molecule has 1 aliphatic rings. The molecule has 2 heterocycles. The van der Waals surface area contributed by atoms with Gasteiger partial charge in [-0.15, -0.1) is 23.1 Å². The molecule has 1 aliphatic carbocycles. The average Bonchev–Trinajstić information content (AvgIpc) is 3.56. The van der Waals surface area contributed by atoms with Crippen molar-refractivity contribution in [3.05, 3.63) is 39.0 Å². The molecule has 0 fully saturated rings. The number of benzene rings is 1. The van der Waals surface area contributed by atoms with Crippen LogP contribution in [0.5, 0.6) is 5.75 Å². The van der Waals surface area contributed by atoms with Gasteiger partial charge < -0.3 is 24.1 Å². The fourth-order valence-corrected chi connectivity index (χ4v) is 6.92. The molecule has 0 unspecified atom stereocenters. The van der Waals surface area contributed by atoms with Gasteiger partial charge in [0.05, 0.1) is 48.6 Å². The van der Waals surface area contributed by atoms with Gasteiger partial charge in [0.1, 0.15) is 17.3 Å². The van der Waals surface area contributed by atoms with Gasteiger partial charge in [-0.25, -0.2) is 4.79 Å². The molecule has 0 aliphatic heterocycles. The highest BCUT2D eigenvalue weighted by atomic mass is 32.2. The van der Waals surface area contributed by atoms with Crippen molar-refractivity contribution < 1.29 is 33.4 Å². The van der Waals surface area contributed by atoms with Crippen LogP contribution in [-0.2, 0) is 43.2 Å². The van der Waals surface area contributed by atoms with E-state index in [1.165, 1.54) is 36.9 Å². The van der Waals surface area contributed by atoms with Crippen molar-refractivity contribution in [2.24, 2.45) is 4.99 Å². The summed E-state index contributed by atoms with van der Waals surface area (Å²) in [5.41, 5.74) is 2.11. The Kier molecular flexibility index (Phi) is 8.67. The number of thiophene rings is 1. The van der Waals surface area contributed by atoms with Crippen LogP contribution in [0.2, 0.25) is 0 Å². The number of hydrogen-bond donors (Lipinski definition) is 1. The lowest BCUT2D eigenvalue weighted by atomic mass is 10.1. The summed E-state index contributed by atoms with van der Waals surface area (Å²) in [5, 5.41) is 3.28. The van der Waals surface area contributed by atoms with Crippen molar-refractivity contribution in [1.82, 2.24) is 4.57 Å². The number of carbonyl (C=O) groups excluding carboxylic acids is 4. The number of rotatable bonds is 9. The number of fused-ring (bicyclic) bond motifs is 2. The number of thiazole rings is 1. The first-order chi connectivity index (χ1) is 17.8. The highest BCUT2D eigenvalue weighted by Gasteiger charge is 2.28. The van der Waals surface area contributed by atoms with Crippen LogP contribution in [-0.4, -0.2) is 61.2 Å². The standard InChI is InChI=1S/C24H25N3O7S3/c1-32-13-7-8-15-17(9-13)37-24(27(15)10-20(30)33-2)26-19(29)12-35-11-18(28)25-22-21(23(31)34-3)14-5-4-6-16(14)36-22/h7-9H,4-6,10-12H2,1-3H3,(H,25,28). The molecule has 37 heavy (non-hydrogen) atoms. The topological polar surface area (TPSA) is 125 Å². The largest absolute Gasteiger partial charge is 0.497 e. The normalized spacial score (nSPS) is 12.9. The molecule has 0 bridgehead atoms. The number of anilines is 1. The van der Waals surface area contributed by atoms with E-state index in [1.807, 2.05) is 0 Å². The number of nitrogens with one attached hydrogen (secondary N) is 1. The lowest BCUT2D eigenvalue weighted by Crippen LogP contribution is -2.23. The zero-order valence-corrected chi connectivity index (χ0v) is 22.9. The third-order valence-electron chi connectivity index (χ3n) is 5.65. The fraction of sp³-hybridized carbons (Fsp3) is 0.375. The molecule has 4 rings (SSSR count). The molecular formula is C24H25N3O7S3. The summed E-state index contributed by atoms with van der Waals surface area (Å²) in [6.45, 7) is -0.0994. The second-order valence-corrected chi connectivity index (χ2v) is 11.1. The number of hydrogen-bond acceptors (Lipinski definition) is 10. The Morgan fingerprint density at radius 1 is 1.08 bits per heavy atom. The lowest BCUT2D eigenvalue weighted by Gasteiger charge is -2.06. The summed E-state index contributed by atoms with van der Waals surface area (Å²) in [6, 6.07) is 5.36. The van der Waals surface area contributed by atoms with Gasteiger partial charge in [0.25, 0.3) is 5.91 Å². The zero-order valence-electron chi connectivity index (χ0n) is 20.5. The number of nitrogens with zero attached hydrogens (tertiary/aromatic N) is 2. The van der Waals surface area contributed by atoms with Gasteiger partial charge in [-0.1, -0.05) is 11.3 Å². The summed E-state index contributed by atoms with van der Waals surface area (Å²) < 4.78 is 17.4. The molecule has 0 radical (unpaired) electrons. The van der Waals surface area contributed by atoms with Crippen LogP contribution in [0.15, 0.2) is 23.2 Å². The minimum absolute atomic E-state index is 0.0101. The van der Waals surface area contributed by atoms with Crippen LogP contribution in [0.25, 0.3) is 10.2 Å². The summed E-state index contributed by atoms with van der Waals surface area (Å²) in [6.07, 6.45) is 2.65. The molecule has 196 valence electrons. The maximum Gasteiger partial charge on any atom is 0.341 e. The summed E-state index contributed by atoms with van der Waals surface area (Å²) >= 11 is 3.76. The number of esters is 2. The molecule has 0 saturated heterocycles. The Morgan fingerprint density at radius 2 is 1.89 bits per heavy atom. The Bertz CT molecular complexity index is 1440. The molecule has 0 atom stereocenters. The van der Waals surface area contributed by atoms with Gasteiger partial charge >= 0.3 is 11.9 Å². The van der Waals surface area contributed by atoms with Crippen molar-refractivity contribution in [1.29, 1.82) is 0 Å².